The van der Waals surface area contributed by atoms with Gasteiger partial charge >= 0.3 is 0 Å². The predicted octanol–water partition coefficient (Wildman–Crippen LogP) is 2.57. The van der Waals surface area contributed by atoms with E-state index >= 15 is 0 Å². The molecule has 1 aliphatic carbocycles. The Morgan fingerprint density at radius 3 is 2.71 bits per heavy atom. The number of rotatable bonds is 7. The Morgan fingerprint density at radius 2 is 2.07 bits per heavy atom. The highest BCUT2D eigenvalue weighted by Gasteiger charge is 2.27. The van der Waals surface area contributed by atoms with Crippen LogP contribution in [0.2, 0.25) is 0 Å². The number of fused-ring (bicyclic) bond motifs is 1. The highest BCUT2D eigenvalue weighted by atomic mass is 32.1. The Labute approximate surface area is 167 Å². The lowest BCUT2D eigenvalue weighted by atomic mass is 9.93. The Hall–Kier alpha value is -2.78. The van der Waals surface area contributed by atoms with Crippen molar-refractivity contribution in [1.29, 1.82) is 0 Å². The molecule has 3 N–H and O–H groups in total. The number of amides is 1. The molecule has 0 atom stereocenters. The van der Waals surface area contributed by atoms with Gasteiger partial charge in [0.1, 0.15) is 11.6 Å². The first-order valence-corrected chi connectivity index (χ1v) is 9.76. The number of carbonyl (C=O) groups excluding carboxylic acids is 2. The summed E-state index contributed by atoms with van der Waals surface area (Å²) in [5.41, 5.74) is 1.47. The summed E-state index contributed by atoms with van der Waals surface area (Å²) in [7, 11) is 3.99. The van der Waals surface area contributed by atoms with Crippen LogP contribution in [-0.2, 0) is 11.2 Å². The first-order chi connectivity index (χ1) is 13.3. The lowest BCUT2D eigenvalue weighted by Gasteiger charge is -2.15. The summed E-state index contributed by atoms with van der Waals surface area (Å²) in [6.07, 6.45) is 2.45. The van der Waals surface area contributed by atoms with Crippen LogP contribution in [0.3, 0.4) is 0 Å². The third kappa shape index (κ3) is 4.55. The van der Waals surface area contributed by atoms with Crippen molar-refractivity contribution in [2.45, 2.75) is 19.8 Å². The van der Waals surface area contributed by atoms with Crippen LogP contribution < -0.4 is 10.6 Å². The number of thiazole rings is 1. The van der Waals surface area contributed by atoms with Crippen LogP contribution in [0.4, 0.5) is 10.9 Å². The molecule has 1 aliphatic rings. The number of likely N-dealkylation sites (N-methyl/N-ethyl adjacent to an activating group) is 1. The molecular formula is C19H23N5O3S. The summed E-state index contributed by atoms with van der Waals surface area (Å²) in [6, 6.07) is 3.47. The van der Waals surface area contributed by atoms with Gasteiger partial charge in [0.2, 0.25) is 5.91 Å². The number of nitrogens with zero attached hydrogens (tertiary/aromatic N) is 3. The van der Waals surface area contributed by atoms with Gasteiger partial charge in [-0.15, -0.1) is 0 Å². The van der Waals surface area contributed by atoms with Gasteiger partial charge in [-0.1, -0.05) is 11.3 Å². The summed E-state index contributed by atoms with van der Waals surface area (Å²) in [4.78, 5) is 35.3. The van der Waals surface area contributed by atoms with Gasteiger partial charge < -0.3 is 20.6 Å². The van der Waals surface area contributed by atoms with Gasteiger partial charge in [0.05, 0.1) is 10.6 Å². The van der Waals surface area contributed by atoms with E-state index < -0.39 is 0 Å². The summed E-state index contributed by atoms with van der Waals surface area (Å²) in [5, 5.41) is 16.8. The maximum Gasteiger partial charge on any atom is 0.223 e. The molecule has 0 radical (unpaired) electrons. The van der Waals surface area contributed by atoms with Crippen molar-refractivity contribution in [1.82, 2.24) is 14.9 Å². The molecule has 2 aromatic rings. The van der Waals surface area contributed by atoms with E-state index in [9.17, 15) is 14.7 Å². The Morgan fingerprint density at radius 1 is 1.29 bits per heavy atom. The smallest absolute Gasteiger partial charge is 0.223 e. The molecule has 28 heavy (non-hydrogen) atoms. The van der Waals surface area contributed by atoms with E-state index in [4.69, 9.17) is 0 Å². The second-order valence-electron chi connectivity index (χ2n) is 6.79. The van der Waals surface area contributed by atoms with Crippen LogP contribution in [0.5, 0.6) is 0 Å². The number of hydrogen-bond donors (Lipinski definition) is 3. The van der Waals surface area contributed by atoms with E-state index in [1.54, 1.807) is 12.1 Å². The minimum Gasteiger partial charge on any atom is -0.506 e. The molecule has 0 aliphatic heterocycles. The fourth-order valence-corrected chi connectivity index (χ4v) is 3.87. The van der Waals surface area contributed by atoms with Crippen LogP contribution in [0, 0.1) is 0 Å². The Bertz CT molecular complexity index is 918. The van der Waals surface area contributed by atoms with E-state index in [0.717, 1.165) is 13.1 Å². The number of pyridine rings is 1. The highest BCUT2D eigenvalue weighted by Crippen LogP contribution is 2.37. The summed E-state index contributed by atoms with van der Waals surface area (Å²) in [5.74, 6) is 0.166. The quantitative estimate of drug-likeness (QED) is 0.612. The van der Waals surface area contributed by atoms with Gasteiger partial charge in [-0.05, 0) is 39.1 Å². The number of anilines is 2. The molecule has 0 spiro atoms. The number of ketones is 1. The average molecular weight is 401 g/mol. The van der Waals surface area contributed by atoms with Crippen molar-refractivity contribution in [3.63, 3.8) is 0 Å². The molecule has 8 nitrogen and oxygen atoms in total. The molecule has 148 valence electrons. The van der Waals surface area contributed by atoms with Crippen LogP contribution in [0.25, 0.3) is 5.76 Å². The van der Waals surface area contributed by atoms with Crippen molar-refractivity contribution in [3.05, 3.63) is 40.0 Å². The standard InChI is InChI=1S/C19H23N5O3S/c1-11(25)22-19-23-14-6-5-13(17(27)18(14)28-19)16(26)12-4-7-15(21-10-12)20-8-9-24(2)3/h4,7,10,27H,5-6,8-9H2,1-3H3,(H,20,21)(H,22,23,25). The van der Waals surface area contributed by atoms with Crippen LogP contribution >= 0.6 is 11.3 Å². The highest BCUT2D eigenvalue weighted by molar-refractivity contribution is 7.16. The third-order valence-electron chi connectivity index (χ3n) is 4.26. The Balaban J connectivity index is 1.75. The summed E-state index contributed by atoms with van der Waals surface area (Å²) in [6.45, 7) is 3.03. The number of aryl methyl sites for hydroxylation is 1. The van der Waals surface area contributed by atoms with Gasteiger partial charge in [-0.25, -0.2) is 9.97 Å². The molecule has 0 unspecified atom stereocenters. The minimum absolute atomic E-state index is 0.0615. The van der Waals surface area contributed by atoms with Gasteiger partial charge in [-0.3, -0.25) is 9.59 Å². The van der Waals surface area contributed by atoms with E-state index in [2.05, 4.69) is 25.5 Å². The molecule has 2 aromatic heterocycles. The topological polar surface area (TPSA) is 107 Å². The number of hydrogen-bond acceptors (Lipinski definition) is 8. The monoisotopic (exact) mass is 401 g/mol. The average Bonchev–Trinajstić information content (AvgIpc) is 3.04. The van der Waals surface area contributed by atoms with Crippen molar-refractivity contribution >= 4 is 39.7 Å². The molecule has 0 saturated carbocycles. The first kappa shape index (κ1) is 20.0. The molecule has 0 bridgehead atoms. The third-order valence-corrected chi connectivity index (χ3v) is 5.28. The number of aromatic nitrogens is 2. The first-order valence-electron chi connectivity index (χ1n) is 8.94. The van der Waals surface area contributed by atoms with Crippen molar-refractivity contribution in [3.8, 4) is 0 Å². The largest absolute Gasteiger partial charge is 0.506 e. The van der Waals surface area contributed by atoms with E-state index in [1.807, 2.05) is 14.1 Å². The molecule has 0 saturated heterocycles. The van der Waals surface area contributed by atoms with Crippen LogP contribution in [0.15, 0.2) is 23.9 Å². The second kappa shape index (κ2) is 8.49. The van der Waals surface area contributed by atoms with E-state index in [-0.39, 0.29) is 17.4 Å². The van der Waals surface area contributed by atoms with Crippen LogP contribution in [0.1, 0.15) is 34.3 Å². The van der Waals surface area contributed by atoms with Crippen molar-refractivity contribution in [2.24, 2.45) is 0 Å². The maximum atomic E-state index is 12.8. The number of carbonyl (C=O) groups is 2. The number of aliphatic hydroxyl groups excluding tert-OH is 1. The van der Waals surface area contributed by atoms with Gasteiger partial charge in [0.15, 0.2) is 10.9 Å². The zero-order valence-corrected chi connectivity index (χ0v) is 16.9. The zero-order valence-electron chi connectivity index (χ0n) is 16.1. The minimum atomic E-state index is -0.245. The van der Waals surface area contributed by atoms with E-state index in [0.29, 0.717) is 45.5 Å². The Kier molecular flexibility index (Phi) is 6.05. The van der Waals surface area contributed by atoms with Crippen LogP contribution in [-0.4, -0.2) is 58.8 Å². The second-order valence-corrected chi connectivity index (χ2v) is 7.79. The fraction of sp³-hybridized carbons (Fsp3) is 0.368. The van der Waals surface area contributed by atoms with Gasteiger partial charge in [0.25, 0.3) is 0 Å². The molecule has 2 heterocycles. The number of aliphatic hydroxyl groups is 1. The SMILES string of the molecule is CC(=O)Nc1nc2c(s1)C(O)=C(C(=O)c1ccc(NCCN(C)C)nc1)CC2. The van der Waals surface area contributed by atoms with Crippen molar-refractivity contribution in [2.75, 3.05) is 37.8 Å². The summed E-state index contributed by atoms with van der Waals surface area (Å²) < 4.78 is 0. The predicted molar refractivity (Wildman–Crippen MR) is 110 cm³/mol. The number of allylic oxidation sites excluding steroid dienone is 1. The molecule has 9 heteroatoms. The lowest BCUT2D eigenvalue weighted by molar-refractivity contribution is -0.114. The lowest BCUT2D eigenvalue weighted by Crippen LogP contribution is -2.21. The maximum absolute atomic E-state index is 12.8. The zero-order chi connectivity index (χ0) is 20.3. The van der Waals surface area contributed by atoms with E-state index in [1.165, 1.54) is 24.5 Å². The number of nitrogens with one attached hydrogen (secondary N) is 2. The van der Waals surface area contributed by atoms with Gasteiger partial charge in [-0.2, -0.15) is 0 Å². The molecule has 3 rings (SSSR count). The number of Topliss-reactive ketones (excluding diaryl/α,β-unsaturated/α-hetero) is 1. The summed E-state index contributed by atoms with van der Waals surface area (Å²) >= 11 is 1.17. The van der Waals surface area contributed by atoms with Crippen molar-refractivity contribution < 1.29 is 14.7 Å². The molecular weight excluding hydrogens is 378 g/mol. The molecule has 1 amide bonds. The van der Waals surface area contributed by atoms with Gasteiger partial charge in [0, 0.05) is 37.3 Å². The fourth-order valence-electron chi connectivity index (χ4n) is 2.84. The molecule has 0 aromatic carbocycles. The molecule has 0 fully saturated rings. The normalized spacial score (nSPS) is 13.4.